The van der Waals surface area contributed by atoms with Gasteiger partial charge in [0.25, 0.3) is 0 Å². The number of rotatable bonds is 6. The summed E-state index contributed by atoms with van der Waals surface area (Å²) in [5.74, 6) is -0.273. The Bertz CT molecular complexity index is 720. The number of hydrogen-bond acceptors (Lipinski definition) is 5. The number of nitrogens with one attached hydrogen (secondary N) is 1. The molecule has 0 saturated heterocycles. The van der Waals surface area contributed by atoms with Crippen LogP contribution in [0.15, 0.2) is 18.5 Å². The number of nitrogens with zero attached hydrogens (tertiary/aromatic N) is 5. The summed E-state index contributed by atoms with van der Waals surface area (Å²) in [6.07, 6.45) is 3.01. The third kappa shape index (κ3) is 3.38. The van der Waals surface area contributed by atoms with Crippen LogP contribution in [0.25, 0.3) is 0 Å². The second-order valence-corrected chi connectivity index (χ2v) is 5.32. The monoisotopic (exact) mass is 320 g/mol. The van der Waals surface area contributed by atoms with Crippen LogP contribution >= 0.6 is 0 Å². The molecule has 9 nitrogen and oxygen atoms in total. The minimum absolute atomic E-state index is 0.0978. The molecule has 2 unspecified atom stereocenters. The van der Waals surface area contributed by atoms with Crippen molar-refractivity contribution in [3.63, 3.8) is 0 Å². The Balaban J connectivity index is 2.09. The lowest BCUT2D eigenvalue weighted by atomic mass is 10.2. The molecule has 0 aromatic carbocycles. The number of amides is 1. The van der Waals surface area contributed by atoms with Crippen molar-refractivity contribution in [2.75, 3.05) is 0 Å². The second kappa shape index (κ2) is 6.59. The molecule has 0 radical (unpaired) electrons. The zero-order valence-corrected chi connectivity index (χ0v) is 13.6. The van der Waals surface area contributed by atoms with Crippen molar-refractivity contribution in [1.82, 2.24) is 24.9 Å². The van der Waals surface area contributed by atoms with Crippen LogP contribution in [0.1, 0.15) is 44.2 Å². The molecule has 9 heteroatoms. The van der Waals surface area contributed by atoms with Crippen LogP contribution in [-0.4, -0.2) is 30.4 Å². The lowest BCUT2D eigenvalue weighted by Crippen LogP contribution is -2.34. The molecule has 2 rings (SSSR count). The van der Waals surface area contributed by atoms with Gasteiger partial charge in [0.15, 0.2) is 0 Å². The molecule has 0 fully saturated rings. The maximum atomic E-state index is 12.4. The number of carbonyl (C=O) groups excluding carboxylic acids is 1. The molecule has 23 heavy (non-hydrogen) atoms. The summed E-state index contributed by atoms with van der Waals surface area (Å²) in [6.45, 7) is 7.80. The van der Waals surface area contributed by atoms with Crippen LogP contribution in [0, 0.1) is 17.0 Å². The molecule has 2 aromatic rings. The molecule has 0 bridgehead atoms. The van der Waals surface area contributed by atoms with Crippen LogP contribution in [0.2, 0.25) is 0 Å². The van der Waals surface area contributed by atoms with E-state index >= 15 is 0 Å². The predicted octanol–water partition coefficient (Wildman–Crippen LogP) is 1.75. The molecule has 0 aliphatic heterocycles. The van der Waals surface area contributed by atoms with E-state index in [1.165, 1.54) is 4.68 Å². The van der Waals surface area contributed by atoms with Crippen molar-refractivity contribution < 1.29 is 9.72 Å². The Hall–Kier alpha value is -2.71. The first-order valence-electron chi connectivity index (χ1n) is 7.37. The van der Waals surface area contributed by atoms with Gasteiger partial charge in [-0.3, -0.25) is 24.3 Å². The zero-order valence-electron chi connectivity index (χ0n) is 13.6. The SMILES string of the molecule is CCn1ccc(C(C)NC(=O)C(C)n2ncc([N+](=O)[O-])c2C)n1. The fourth-order valence-electron chi connectivity index (χ4n) is 2.29. The molecule has 1 N–H and O–H groups in total. The van der Waals surface area contributed by atoms with Crippen LogP contribution in [-0.2, 0) is 11.3 Å². The normalized spacial score (nSPS) is 13.6. The molecule has 0 aliphatic carbocycles. The molecule has 124 valence electrons. The highest BCUT2D eigenvalue weighted by atomic mass is 16.6. The van der Waals surface area contributed by atoms with Gasteiger partial charge in [0, 0.05) is 12.7 Å². The summed E-state index contributed by atoms with van der Waals surface area (Å²) >= 11 is 0. The van der Waals surface area contributed by atoms with Gasteiger partial charge in [-0.25, -0.2) is 0 Å². The van der Waals surface area contributed by atoms with Crippen molar-refractivity contribution in [3.05, 3.63) is 40.0 Å². The quantitative estimate of drug-likeness (QED) is 0.644. The average Bonchev–Trinajstić information content (AvgIpc) is 3.12. The highest BCUT2D eigenvalue weighted by molar-refractivity contribution is 5.80. The summed E-state index contributed by atoms with van der Waals surface area (Å²) in [6, 6.07) is 0.936. The Kier molecular flexibility index (Phi) is 4.77. The van der Waals surface area contributed by atoms with E-state index in [9.17, 15) is 14.9 Å². The van der Waals surface area contributed by atoms with Crippen LogP contribution in [0.5, 0.6) is 0 Å². The summed E-state index contributed by atoms with van der Waals surface area (Å²) < 4.78 is 3.13. The highest BCUT2D eigenvalue weighted by Gasteiger charge is 2.25. The van der Waals surface area contributed by atoms with E-state index in [4.69, 9.17) is 0 Å². The Morgan fingerprint density at radius 3 is 2.70 bits per heavy atom. The molecular weight excluding hydrogens is 300 g/mol. The van der Waals surface area contributed by atoms with E-state index in [2.05, 4.69) is 15.5 Å². The van der Waals surface area contributed by atoms with Gasteiger partial charge < -0.3 is 5.32 Å². The van der Waals surface area contributed by atoms with E-state index in [0.717, 1.165) is 18.4 Å². The summed E-state index contributed by atoms with van der Waals surface area (Å²) in [4.78, 5) is 22.7. The van der Waals surface area contributed by atoms with Crippen molar-refractivity contribution in [2.45, 2.75) is 46.3 Å². The minimum Gasteiger partial charge on any atom is -0.346 e. The van der Waals surface area contributed by atoms with Crippen molar-refractivity contribution in [3.8, 4) is 0 Å². The van der Waals surface area contributed by atoms with E-state index in [0.29, 0.717) is 5.69 Å². The Morgan fingerprint density at radius 2 is 2.17 bits per heavy atom. The van der Waals surface area contributed by atoms with Crippen LogP contribution in [0.3, 0.4) is 0 Å². The van der Waals surface area contributed by atoms with Gasteiger partial charge in [0.1, 0.15) is 17.9 Å². The maximum absolute atomic E-state index is 12.4. The first kappa shape index (κ1) is 16.7. The van der Waals surface area contributed by atoms with Crippen molar-refractivity contribution >= 4 is 11.6 Å². The van der Waals surface area contributed by atoms with Gasteiger partial charge in [0.2, 0.25) is 5.91 Å². The summed E-state index contributed by atoms with van der Waals surface area (Å²) in [5, 5.41) is 22.0. The molecule has 0 saturated carbocycles. The molecule has 0 spiro atoms. The van der Waals surface area contributed by atoms with Crippen LogP contribution < -0.4 is 5.32 Å². The molecule has 2 aromatic heterocycles. The largest absolute Gasteiger partial charge is 0.346 e. The Morgan fingerprint density at radius 1 is 1.48 bits per heavy atom. The second-order valence-electron chi connectivity index (χ2n) is 5.32. The number of aromatic nitrogens is 4. The number of hydrogen-bond donors (Lipinski definition) is 1. The molecular formula is C14H20N6O3. The minimum atomic E-state index is -0.653. The van der Waals surface area contributed by atoms with Gasteiger partial charge in [-0.2, -0.15) is 10.2 Å². The molecule has 2 atom stereocenters. The van der Waals surface area contributed by atoms with E-state index in [1.54, 1.807) is 18.5 Å². The highest BCUT2D eigenvalue weighted by Crippen LogP contribution is 2.20. The lowest BCUT2D eigenvalue weighted by Gasteiger charge is -2.17. The smallest absolute Gasteiger partial charge is 0.309 e. The number of aryl methyl sites for hydroxylation is 1. The maximum Gasteiger partial charge on any atom is 0.309 e. The van der Waals surface area contributed by atoms with Gasteiger partial charge in [-0.05, 0) is 33.8 Å². The average molecular weight is 320 g/mol. The predicted molar refractivity (Wildman–Crippen MR) is 82.8 cm³/mol. The standard InChI is InChI=1S/C14H20N6O3/c1-5-18-7-6-12(17-18)9(2)16-14(21)11(4)19-10(3)13(8-15-19)20(22)23/h6-9,11H,5H2,1-4H3,(H,16,21). The first-order valence-corrected chi connectivity index (χ1v) is 7.37. The van der Waals surface area contributed by atoms with E-state index < -0.39 is 11.0 Å². The zero-order chi connectivity index (χ0) is 17.1. The third-order valence-electron chi connectivity index (χ3n) is 3.75. The van der Waals surface area contributed by atoms with E-state index in [1.807, 2.05) is 26.1 Å². The molecule has 2 heterocycles. The molecule has 1 amide bonds. The topological polar surface area (TPSA) is 108 Å². The van der Waals surface area contributed by atoms with Crippen LogP contribution in [0.4, 0.5) is 5.69 Å². The summed E-state index contributed by atoms with van der Waals surface area (Å²) in [7, 11) is 0. The molecule has 0 aliphatic rings. The first-order chi connectivity index (χ1) is 10.8. The van der Waals surface area contributed by atoms with Gasteiger partial charge in [0.05, 0.1) is 16.7 Å². The summed E-state index contributed by atoms with van der Waals surface area (Å²) in [5.41, 5.74) is 1.01. The van der Waals surface area contributed by atoms with Gasteiger partial charge in [-0.1, -0.05) is 0 Å². The fourth-order valence-corrected chi connectivity index (χ4v) is 2.29. The van der Waals surface area contributed by atoms with Gasteiger partial charge in [-0.15, -0.1) is 0 Å². The van der Waals surface area contributed by atoms with E-state index in [-0.39, 0.29) is 17.6 Å². The lowest BCUT2D eigenvalue weighted by molar-refractivity contribution is -0.385. The fraction of sp³-hybridized carbons (Fsp3) is 0.500. The Labute approximate surface area is 133 Å². The van der Waals surface area contributed by atoms with Gasteiger partial charge >= 0.3 is 5.69 Å². The van der Waals surface area contributed by atoms with Crippen molar-refractivity contribution in [2.24, 2.45) is 0 Å². The third-order valence-corrected chi connectivity index (χ3v) is 3.75. The number of carbonyl (C=O) groups is 1. The number of nitro groups is 1. The van der Waals surface area contributed by atoms with Crippen molar-refractivity contribution in [1.29, 1.82) is 0 Å².